The Hall–Kier alpha value is -3.45. The molecule has 1 amide bonds. The van der Waals surface area contributed by atoms with Gasteiger partial charge in [0.1, 0.15) is 72.5 Å². The zero-order valence-corrected chi connectivity index (χ0v) is 45.5. The molecular formula is C57H83NO19. The van der Waals surface area contributed by atoms with E-state index in [9.17, 15) is 60.3 Å². The molecule has 3 aliphatic heterocycles. The van der Waals surface area contributed by atoms with E-state index < -0.39 is 157 Å². The molecule has 3 heterocycles. The van der Waals surface area contributed by atoms with Gasteiger partial charge in [-0.15, -0.1) is 0 Å². The van der Waals surface area contributed by atoms with Gasteiger partial charge in [-0.3, -0.25) is 9.59 Å². The largest absolute Gasteiger partial charge is 0.481 e. The van der Waals surface area contributed by atoms with Crippen LogP contribution < -0.4 is 5.32 Å². The summed E-state index contributed by atoms with van der Waals surface area (Å²) < 4.78 is 42.3. The van der Waals surface area contributed by atoms with E-state index >= 15 is 0 Å². The summed E-state index contributed by atoms with van der Waals surface area (Å²) in [6.07, 6.45) is -11.1. The fourth-order valence-electron chi connectivity index (χ4n) is 16.0. The van der Waals surface area contributed by atoms with Gasteiger partial charge in [0.15, 0.2) is 18.9 Å². The van der Waals surface area contributed by atoms with Crippen LogP contribution in [0.3, 0.4) is 0 Å². The number of hydrogen-bond donors (Lipinski definition) is 10. The van der Waals surface area contributed by atoms with E-state index in [1.165, 1.54) is 13.0 Å². The third-order valence-electron chi connectivity index (χ3n) is 20.6. The minimum absolute atomic E-state index is 0.0206. The number of aliphatic carboxylic acids is 1. The molecule has 9 rings (SSSR count). The maximum atomic E-state index is 13.8. The standard InChI is InChI=1S/C57H83NO19/c1-28(59)58-41-45(67)44(66)34(27-73-50-47(43(65)33(61)26-72-50)77-49-46(68)42(64)32(60)25-71-49)74-48(41)76-38-19-20-54(6)35(53(38,4)5)18-21-55(7)36(54)16-15-30-31-22-52(2,3)39(75-40(63)17-14-29-12-10-9-11-13-29)24-57(31,51(69)70)37(62)23-56(30,55)8/h9-15,17,31-39,41-50,60-62,64-68H,16,18-27H2,1-8H3,(H,58,59)(H,69,70)/t31-,32+,33-,34+,35-,36+,37+,38-,39-,41+,42-,43-,44+,45+,46+,47+,48-,49-,50-,54-,55+,56+,57+/m0/s1. The first kappa shape index (κ1) is 58.2. The Morgan fingerprint density at radius 3 is 2.09 bits per heavy atom. The van der Waals surface area contributed by atoms with Crippen molar-refractivity contribution in [2.75, 3.05) is 19.8 Å². The van der Waals surface area contributed by atoms with Gasteiger partial charge < -0.3 is 84.4 Å². The number of hydrogen-bond acceptors (Lipinski definition) is 18. The van der Waals surface area contributed by atoms with Crippen molar-refractivity contribution in [1.82, 2.24) is 5.32 Å². The predicted molar refractivity (Wildman–Crippen MR) is 272 cm³/mol. The first-order valence-corrected chi connectivity index (χ1v) is 27.5. The lowest BCUT2D eigenvalue weighted by atomic mass is 9.33. The summed E-state index contributed by atoms with van der Waals surface area (Å²) in [5.41, 5.74) is -1.98. The summed E-state index contributed by atoms with van der Waals surface area (Å²) >= 11 is 0. The minimum Gasteiger partial charge on any atom is -0.481 e. The number of amides is 1. The SMILES string of the molecule is CC(=O)N[C@H]1[C@H](O[C@H]2CC[C@]3(C)[C@H]4CC=C5[C@@H]6CC(C)(C)[C@@H](OC(=O)C=Cc7ccccc7)C[C@]6(C(=O)O)[C@H](O)C[C@@]5(C)[C@]4(C)CC[C@H]3C2(C)C)O[C@H](CO[C@@H]2OC[C@H](O)[C@H](O)[C@H]2O[C@@H]2OC[C@@H](O)[C@H](O)[C@H]2O)[C@@H](O)[C@@H]1O. The van der Waals surface area contributed by atoms with Crippen LogP contribution in [0.1, 0.15) is 112 Å². The van der Waals surface area contributed by atoms with Gasteiger partial charge in [-0.2, -0.15) is 0 Å². The Kier molecular flexibility index (Phi) is 16.2. The van der Waals surface area contributed by atoms with Crippen molar-refractivity contribution >= 4 is 23.9 Å². The zero-order valence-electron chi connectivity index (χ0n) is 45.5. The van der Waals surface area contributed by atoms with E-state index in [1.54, 1.807) is 6.08 Å². The van der Waals surface area contributed by atoms with Crippen LogP contribution in [-0.2, 0) is 47.5 Å². The van der Waals surface area contributed by atoms with Gasteiger partial charge in [-0.05, 0) is 96.0 Å². The lowest BCUT2D eigenvalue weighted by molar-refractivity contribution is -0.352. The van der Waals surface area contributed by atoms with Crippen molar-refractivity contribution in [2.24, 2.45) is 50.2 Å². The van der Waals surface area contributed by atoms with Crippen molar-refractivity contribution in [2.45, 2.75) is 205 Å². The molecular weight excluding hydrogens is 1000 g/mol. The van der Waals surface area contributed by atoms with E-state index in [-0.39, 0.29) is 42.1 Å². The molecule has 8 aliphatic rings. The van der Waals surface area contributed by atoms with E-state index in [2.05, 4.69) is 46.0 Å². The average Bonchev–Trinajstić information content (AvgIpc) is 3.45. The minimum atomic E-state index is -1.73. The molecule has 1 aromatic carbocycles. The number of benzene rings is 1. The van der Waals surface area contributed by atoms with Crippen LogP contribution in [0.25, 0.3) is 6.08 Å². The third kappa shape index (κ3) is 10.1. The van der Waals surface area contributed by atoms with Crippen molar-refractivity contribution in [1.29, 1.82) is 0 Å². The van der Waals surface area contributed by atoms with Gasteiger partial charge >= 0.3 is 11.9 Å². The molecule has 0 unspecified atom stereocenters. The molecule has 20 heteroatoms. The Balaban J connectivity index is 0.919. The van der Waals surface area contributed by atoms with Crippen LogP contribution in [-0.4, -0.2) is 182 Å². The lowest BCUT2D eigenvalue weighted by Crippen LogP contribution is -2.69. The van der Waals surface area contributed by atoms with Gasteiger partial charge in [-0.25, -0.2) is 4.79 Å². The summed E-state index contributed by atoms with van der Waals surface area (Å²) in [4.78, 5) is 39.7. The number of rotatable bonds is 12. The molecule has 430 valence electrons. The molecule has 3 saturated heterocycles. The van der Waals surface area contributed by atoms with Crippen molar-refractivity contribution in [3.05, 3.63) is 53.6 Å². The Morgan fingerprint density at radius 2 is 1.42 bits per heavy atom. The van der Waals surface area contributed by atoms with Gasteiger partial charge in [0.05, 0.1) is 32.0 Å². The van der Waals surface area contributed by atoms with Crippen LogP contribution in [0.2, 0.25) is 0 Å². The first-order chi connectivity index (χ1) is 36.1. The van der Waals surface area contributed by atoms with E-state index in [0.717, 1.165) is 30.4 Å². The summed E-state index contributed by atoms with van der Waals surface area (Å²) in [7, 11) is 0. The second-order valence-corrected chi connectivity index (χ2v) is 25.7. The molecule has 0 spiro atoms. The summed E-state index contributed by atoms with van der Waals surface area (Å²) in [6, 6.07) is 8.16. The summed E-state index contributed by atoms with van der Waals surface area (Å²) in [5, 5.41) is 102. The molecule has 1 aromatic rings. The molecule has 4 saturated carbocycles. The molecule has 10 N–H and O–H groups in total. The number of nitrogens with one attached hydrogen (secondary N) is 1. The number of carboxylic acids is 1. The number of aliphatic hydroxyl groups is 8. The van der Waals surface area contributed by atoms with Crippen LogP contribution in [0.5, 0.6) is 0 Å². The summed E-state index contributed by atoms with van der Waals surface area (Å²) in [5.74, 6) is -2.44. The fourth-order valence-corrected chi connectivity index (χ4v) is 16.0. The van der Waals surface area contributed by atoms with Crippen LogP contribution >= 0.6 is 0 Å². The summed E-state index contributed by atoms with van der Waals surface area (Å²) in [6.45, 7) is 15.3. The van der Waals surface area contributed by atoms with E-state index in [1.807, 2.05) is 44.2 Å². The third-order valence-corrected chi connectivity index (χ3v) is 20.6. The lowest BCUT2D eigenvalue weighted by Gasteiger charge is -2.72. The monoisotopic (exact) mass is 1090 g/mol. The molecule has 77 heavy (non-hydrogen) atoms. The highest BCUT2D eigenvalue weighted by atomic mass is 16.8. The molecule has 0 bridgehead atoms. The number of carboxylic acid groups (broad SMARTS) is 1. The second kappa shape index (κ2) is 21.5. The quantitative estimate of drug-likeness (QED) is 0.0622. The fraction of sp³-hybridized carbons (Fsp3) is 0.772. The van der Waals surface area contributed by atoms with E-state index in [4.69, 9.17) is 33.2 Å². The number of ether oxygens (including phenoxy) is 7. The van der Waals surface area contributed by atoms with Gasteiger partial charge in [-0.1, -0.05) is 90.4 Å². The normalized spacial score (nSPS) is 47.3. The number of esters is 1. The molecule has 20 nitrogen and oxygen atoms in total. The maximum Gasteiger partial charge on any atom is 0.331 e. The molecule has 7 fully saturated rings. The Labute approximate surface area is 450 Å². The second-order valence-electron chi connectivity index (χ2n) is 25.7. The van der Waals surface area contributed by atoms with Gasteiger partial charge in [0.2, 0.25) is 5.91 Å². The number of carbonyl (C=O) groups excluding carboxylic acids is 2. The zero-order chi connectivity index (χ0) is 55.9. The van der Waals surface area contributed by atoms with Crippen LogP contribution in [0.4, 0.5) is 0 Å². The van der Waals surface area contributed by atoms with E-state index in [0.29, 0.717) is 19.3 Å². The molecule has 5 aliphatic carbocycles. The van der Waals surface area contributed by atoms with Crippen LogP contribution in [0.15, 0.2) is 48.1 Å². The van der Waals surface area contributed by atoms with Gasteiger partial charge in [0, 0.05) is 24.8 Å². The van der Waals surface area contributed by atoms with Gasteiger partial charge in [0.25, 0.3) is 0 Å². The first-order valence-electron chi connectivity index (χ1n) is 27.5. The van der Waals surface area contributed by atoms with Crippen molar-refractivity contribution in [3.63, 3.8) is 0 Å². The predicted octanol–water partition coefficient (Wildman–Crippen LogP) is 2.33. The number of aliphatic hydroxyl groups excluding tert-OH is 8. The highest BCUT2D eigenvalue weighted by molar-refractivity contribution is 5.87. The Bertz CT molecular complexity index is 2380. The average molecular weight is 1090 g/mol. The number of carbonyl (C=O) groups is 3. The molecule has 0 radical (unpaired) electrons. The van der Waals surface area contributed by atoms with Crippen molar-refractivity contribution < 1.29 is 93.5 Å². The number of fused-ring (bicyclic) bond motifs is 7. The Morgan fingerprint density at radius 1 is 0.740 bits per heavy atom. The molecule has 23 atom stereocenters. The smallest absolute Gasteiger partial charge is 0.331 e. The van der Waals surface area contributed by atoms with Crippen LogP contribution in [0, 0.1) is 50.2 Å². The molecule has 0 aromatic heterocycles. The maximum absolute atomic E-state index is 13.8. The van der Waals surface area contributed by atoms with Crippen molar-refractivity contribution in [3.8, 4) is 0 Å². The number of allylic oxidation sites excluding steroid dienone is 2. The topological polar surface area (TPSA) is 310 Å². The highest BCUT2D eigenvalue weighted by Gasteiger charge is 2.73. The highest BCUT2D eigenvalue weighted by Crippen LogP contribution is 2.76.